The van der Waals surface area contributed by atoms with Crippen molar-refractivity contribution in [1.82, 2.24) is 19.7 Å². The lowest BCUT2D eigenvalue weighted by Crippen LogP contribution is -2.55. The van der Waals surface area contributed by atoms with Gasteiger partial charge < -0.3 is 9.32 Å². The quantitative estimate of drug-likeness (QED) is 0.703. The van der Waals surface area contributed by atoms with Crippen molar-refractivity contribution in [3.8, 4) is 0 Å². The number of amides is 1. The molecule has 1 aromatic heterocycles. The number of furan rings is 1. The molecule has 0 N–H and O–H groups in total. The molecule has 176 valence electrons. The van der Waals surface area contributed by atoms with Crippen LogP contribution >= 0.6 is 0 Å². The van der Waals surface area contributed by atoms with E-state index in [9.17, 15) is 4.79 Å². The van der Waals surface area contributed by atoms with E-state index in [2.05, 4.69) is 52.9 Å². The van der Waals surface area contributed by atoms with Crippen LogP contribution in [0.5, 0.6) is 0 Å². The Morgan fingerprint density at radius 2 is 1.88 bits per heavy atom. The van der Waals surface area contributed by atoms with Crippen molar-refractivity contribution in [2.45, 2.75) is 38.3 Å². The summed E-state index contributed by atoms with van der Waals surface area (Å²) in [5, 5.41) is 6.45. The molecule has 33 heavy (non-hydrogen) atoms. The molecule has 0 bridgehead atoms. The third-order valence-corrected chi connectivity index (χ3v) is 7.30. The maximum Gasteiger partial charge on any atom is 0.257 e. The minimum Gasteiger partial charge on any atom is -0.467 e. The maximum absolute atomic E-state index is 13.4. The lowest BCUT2D eigenvalue weighted by Gasteiger charge is -2.42. The predicted octanol–water partition coefficient (Wildman–Crippen LogP) is 2.98. The number of hydrogen-bond acceptors (Lipinski definition) is 6. The minimum atomic E-state index is -0.178. The number of aryl methyl sites for hydroxylation is 1. The van der Waals surface area contributed by atoms with E-state index >= 15 is 0 Å². The highest BCUT2D eigenvalue weighted by atomic mass is 16.3. The van der Waals surface area contributed by atoms with Crippen LogP contribution in [0.1, 0.15) is 42.2 Å². The van der Waals surface area contributed by atoms with Gasteiger partial charge in [-0.2, -0.15) is 5.10 Å². The second-order valence-corrected chi connectivity index (χ2v) is 9.76. The Labute approximate surface area is 196 Å². The lowest BCUT2D eigenvalue weighted by molar-refractivity contribution is -0.135. The minimum absolute atomic E-state index is 0.0457. The highest BCUT2D eigenvalue weighted by Gasteiger charge is 2.36. The highest BCUT2D eigenvalue weighted by molar-refractivity contribution is 6.03. The Morgan fingerprint density at radius 3 is 2.58 bits per heavy atom. The summed E-state index contributed by atoms with van der Waals surface area (Å²) in [7, 11) is 2.22. The van der Waals surface area contributed by atoms with Gasteiger partial charge >= 0.3 is 0 Å². The van der Waals surface area contributed by atoms with Gasteiger partial charge in [-0.05, 0) is 51.1 Å². The molecule has 7 heteroatoms. The zero-order chi connectivity index (χ0) is 22.8. The molecule has 3 aliphatic rings. The van der Waals surface area contributed by atoms with Gasteiger partial charge in [-0.25, -0.2) is 5.01 Å². The van der Waals surface area contributed by atoms with Gasteiger partial charge in [-0.15, -0.1) is 0 Å². The molecule has 4 heterocycles. The molecule has 5 rings (SSSR count). The molecule has 2 unspecified atom stereocenters. The van der Waals surface area contributed by atoms with Gasteiger partial charge in [-0.1, -0.05) is 29.8 Å². The zero-order valence-electron chi connectivity index (χ0n) is 19.8. The van der Waals surface area contributed by atoms with E-state index in [4.69, 9.17) is 9.52 Å². The number of rotatable bonds is 5. The number of benzene rings is 1. The Balaban J connectivity index is 1.24. The molecule has 2 atom stereocenters. The molecule has 2 saturated heterocycles. The van der Waals surface area contributed by atoms with E-state index in [1.165, 1.54) is 24.9 Å². The fourth-order valence-electron chi connectivity index (χ4n) is 5.35. The number of carbonyl (C=O) groups is 1. The van der Waals surface area contributed by atoms with E-state index in [1.807, 2.05) is 12.1 Å². The van der Waals surface area contributed by atoms with Gasteiger partial charge in [0, 0.05) is 45.2 Å². The van der Waals surface area contributed by atoms with E-state index in [1.54, 1.807) is 11.3 Å². The van der Waals surface area contributed by atoms with Crippen LogP contribution in [0.2, 0.25) is 0 Å². The summed E-state index contributed by atoms with van der Waals surface area (Å²) in [6, 6.07) is 12.7. The predicted molar refractivity (Wildman–Crippen MR) is 129 cm³/mol. The van der Waals surface area contributed by atoms with Crippen molar-refractivity contribution in [1.29, 1.82) is 0 Å². The van der Waals surface area contributed by atoms with Gasteiger partial charge in [0.2, 0.25) is 0 Å². The summed E-state index contributed by atoms with van der Waals surface area (Å²) in [5.74, 6) is 0.838. The molecular formula is C26H35N5O2. The first kappa shape index (κ1) is 22.3. The first-order valence-electron chi connectivity index (χ1n) is 12.2. The van der Waals surface area contributed by atoms with E-state index < -0.39 is 0 Å². The first-order valence-corrected chi connectivity index (χ1v) is 12.2. The molecule has 1 aromatic carbocycles. The van der Waals surface area contributed by atoms with Crippen molar-refractivity contribution in [2.24, 2.45) is 5.10 Å². The fourth-order valence-corrected chi connectivity index (χ4v) is 5.35. The monoisotopic (exact) mass is 449 g/mol. The Morgan fingerprint density at radius 1 is 1.09 bits per heavy atom. The van der Waals surface area contributed by atoms with Crippen molar-refractivity contribution in [3.05, 3.63) is 59.5 Å². The van der Waals surface area contributed by atoms with E-state index in [0.29, 0.717) is 19.0 Å². The van der Waals surface area contributed by atoms with Crippen molar-refractivity contribution >= 4 is 11.6 Å². The van der Waals surface area contributed by atoms with Crippen LogP contribution in [-0.2, 0) is 4.79 Å². The topological polar surface area (TPSA) is 55.5 Å². The molecule has 2 fully saturated rings. The van der Waals surface area contributed by atoms with Gasteiger partial charge in [0.15, 0.2) is 0 Å². The number of likely N-dealkylation sites (tertiary alicyclic amines) is 1. The second kappa shape index (κ2) is 9.79. The summed E-state index contributed by atoms with van der Waals surface area (Å²) < 4.78 is 5.69. The standard InChI is InChI=1S/C26H35N5O2/c1-20-7-9-21(10-8-20)23-17-24(25-6-4-16-33-25)31(27-23)26(32)19-29-12-14-30(15-13-29)22-5-3-11-28(2)18-22/h4,6-10,16,22,24H,3,5,11-15,17-19H2,1-2H3. The second-order valence-electron chi connectivity index (χ2n) is 9.76. The first-order chi connectivity index (χ1) is 16.1. The average Bonchev–Trinajstić information content (AvgIpc) is 3.50. The van der Waals surface area contributed by atoms with Gasteiger partial charge in [-0.3, -0.25) is 14.6 Å². The van der Waals surface area contributed by atoms with Crippen molar-refractivity contribution in [2.75, 3.05) is 52.9 Å². The molecule has 0 spiro atoms. The largest absolute Gasteiger partial charge is 0.467 e. The number of likely N-dealkylation sites (N-methyl/N-ethyl adjacent to an activating group) is 1. The van der Waals surface area contributed by atoms with Crippen LogP contribution < -0.4 is 0 Å². The lowest BCUT2D eigenvalue weighted by atomic mass is 10.0. The van der Waals surface area contributed by atoms with Crippen LogP contribution in [-0.4, -0.2) is 90.2 Å². The summed E-state index contributed by atoms with van der Waals surface area (Å²) in [6.45, 7) is 8.78. The summed E-state index contributed by atoms with van der Waals surface area (Å²) >= 11 is 0. The maximum atomic E-state index is 13.4. The SMILES string of the molecule is Cc1ccc(C2=NN(C(=O)CN3CCN(C4CCCN(C)C4)CC3)C(c3ccco3)C2)cc1. The van der Waals surface area contributed by atoms with Crippen molar-refractivity contribution < 1.29 is 9.21 Å². The zero-order valence-corrected chi connectivity index (χ0v) is 19.8. The Bertz CT molecular complexity index is 963. The van der Waals surface area contributed by atoms with Crippen molar-refractivity contribution in [3.63, 3.8) is 0 Å². The highest BCUT2D eigenvalue weighted by Crippen LogP contribution is 2.33. The molecule has 0 aliphatic carbocycles. The molecular weight excluding hydrogens is 414 g/mol. The van der Waals surface area contributed by atoms with Crippen LogP contribution in [0.3, 0.4) is 0 Å². The summed E-state index contributed by atoms with van der Waals surface area (Å²) in [4.78, 5) is 20.7. The van der Waals surface area contributed by atoms with E-state index in [-0.39, 0.29) is 11.9 Å². The summed E-state index contributed by atoms with van der Waals surface area (Å²) in [5.41, 5.74) is 3.22. The molecule has 2 aromatic rings. The normalized spacial score (nSPS) is 25.4. The molecule has 0 radical (unpaired) electrons. The van der Waals surface area contributed by atoms with Crippen LogP contribution in [0.15, 0.2) is 52.2 Å². The average molecular weight is 450 g/mol. The van der Waals surface area contributed by atoms with Crippen LogP contribution in [0.25, 0.3) is 0 Å². The number of nitrogens with zero attached hydrogens (tertiary/aromatic N) is 5. The number of piperazine rings is 1. The molecule has 0 saturated carbocycles. The van der Waals surface area contributed by atoms with Gasteiger partial charge in [0.05, 0.1) is 18.5 Å². The third-order valence-electron chi connectivity index (χ3n) is 7.30. The number of hydrogen-bond donors (Lipinski definition) is 0. The molecule has 1 amide bonds. The number of hydrazone groups is 1. The molecule has 7 nitrogen and oxygen atoms in total. The number of carbonyl (C=O) groups excluding carboxylic acids is 1. The Kier molecular flexibility index (Phi) is 6.62. The van der Waals surface area contributed by atoms with E-state index in [0.717, 1.165) is 49.8 Å². The van der Waals surface area contributed by atoms with Crippen LogP contribution in [0.4, 0.5) is 0 Å². The van der Waals surface area contributed by atoms with Gasteiger partial charge in [0.1, 0.15) is 11.8 Å². The fraction of sp³-hybridized carbons (Fsp3) is 0.538. The van der Waals surface area contributed by atoms with Crippen LogP contribution in [0, 0.1) is 6.92 Å². The third kappa shape index (κ3) is 5.05. The Hall–Kier alpha value is -2.48. The smallest absolute Gasteiger partial charge is 0.257 e. The number of piperidine rings is 1. The summed E-state index contributed by atoms with van der Waals surface area (Å²) in [6.07, 6.45) is 4.91. The molecule has 3 aliphatic heterocycles. The van der Waals surface area contributed by atoms with Gasteiger partial charge in [0.25, 0.3) is 5.91 Å².